The van der Waals surface area contributed by atoms with E-state index in [1.165, 1.54) is 17.3 Å². The first-order valence-electron chi connectivity index (χ1n) is 7.35. The van der Waals surface area contributed by atoms with Gasteiger partial charge < -0.3 is 14.8 Å². The highest BCUT2D eigenvalue weighted by Gasteiger charge is 2.20. The highest BCUT2D eigenvalue weighted by atomic mass is 16.5. The van der Waals surface area contributed by atoms with Crippen LogP contribution in [0, 0.1) is 6.92 Å². The van der Waals surface area contributed by atoms with Crippen molar-refractivity contribution in [2.45, 2.75) is 32.9 Å². The summed E-state index contributed by atoms with van der Waals surface area (Å²) in [5.74, 6) is 1.18. The predicted octanol–water partition coefficient (Wildman–Crippen LogP) is 2.04. The van der Waals surface area contributed by atoms with E-state index in [9.17, 15) is 4.79 Å². The lowest BCUT2D eigenvalue weighted by Gasteiger charge is -2.21. The molecule has 7 heteroatoms. The second-order valence-electron chi connectivity index (χ2n) is 5.35. The molecule has 124 valence electrons. The standard InChI is InChI=1S/C16H22N4O3/c1-10-6-14(22-4)15(23-5)7-13(10)11(2)19-16(21)12(3)20-9-17-8-18-20/h6-9,11-12H,1-5H3,(H,19,21). The SMILES string of the molecule is COc1cc(C)c(C(C)NC(=O)C(C)n2cncn2)cc1OC. The molecule has 1 heterocycles. The van der Waals surface area contributed by atoms with E-state index in [0.717, 1.165) is 11.1 Å². The second-order valence-corrected chi connectivity index (χ2v) is 5.35. The molecule has 0 fully saturated rings. The van der Waals surface area contributed by atoms with Crippen LogP contribution in [0.1, 0.15) is 37.1 Å². The maximum Gasteiger partial charge on any atom is 0.245 e. The molecule has 0 aliphatic rings. The van der Waals surface area contributed by atoms with E-state index in [2.05, 4.69) is 15.4 Å². The van der Waals surface area contributed by atoms with Gasteiger partial charge in [0.15, 0.2) is 11.5 Å². The molecule has 1 N–H and O–H groups in total. The van der Waals surface area contributed by atoms with E-state index < -0.39 is 6.04 Å². The summed E-state index contributed by atoms with van der Waals surface area (Å²) in [5, 5.41) is 6.98. The molecule has 1 aromatic carbocycles. The van der Waals surface area contributed by atoms with Crippen molar-refractivity contribution >= 4 is 5.91 Å². The molecule has 2 atom stereocenters. The molecule has 2 unspecified atom stereocenters. The molecule has 0 saturated carbocycles. The van der Waals surface area contributed by atoms with E-state index in [-0.39, 0.29) is 11.9 Å². The minimum atomic E-state index is -0.430. The molecule has 7 nitrogen and oxygen atoms in total. The zero-order chi connectivity index (χ0) is 17.0. The summed E-state index contributed by atoms with van der Waals surface area (Å²) >= 11 is 0. The summed E-state index contributed by atoms with van der Waals surface area (Å²) in [5.41, 5.74) is 1.99. The second kappa shape index (κ2) is 7.13. The van der Waals surface area contributed by atoms with E-state index in [1.807, 2.05) is 26.0 Å². The Morgan fingerprint density at radius 2 is 1.87 bits per heavy atom. The molecular formula is C16H22N4O3. The first kappa shape index (κ1) is 16.8. The van der Waals surface area contributed by atoms with Gasteiger partial charge in [-0.25, -0.2) is 9.67 Å². The van der Waals surface area contributed by atoms with Gasteiger partial charge >= 0.3 is 0 Å². The van der Waals surface area contributed by atoms with Crippen molar-refractivity contribution in [1.82, 2.24) is 20.1 Å². The van der Waals surface area contributed by atoms with Crippen LogP contribution in [0.3, 0.4) is 0 Å². The smallest absolute Gasteiger partial charge is 0.245 e. The molecule has 2 aromatic rings. The lowest BCUT2D eigenvalue weighted by molar-refractivity contribution is -0.124. The molecule has 0 aliphatic carbocycles. The van der Waals surface area contributed by atoms with Crippen LogP contribution in [0.5, 0.6) is 11.5 Å². The number of benzene rings is 1. The highest BCUT2D eigenvalue weighted by Crippen LogP contribution is 2.32. The number of methoxy groups -OCH3 is 2. The fourth-order valence-corrected chi connectivity index (χ4v) is 2.41. The van der Waals surface area contributed by atoms with Gasteiger partial charge in [0.2, 0.25) is 5.91 Å². The van der Waals surface area contributed by atoms with Crippen molar-refractivity contribution in [2.24, 2.45) is 0 Å². The van der Waals surface area contributed by atoms with E-state index in [4.69, 9.17) is 9.47 Å². The van der Waals surface area contributed by atoms with Crippen molar-refractivity contribution in [1.29, 1.82) is 0 Å². The molecule has 0 saturated heterocycles. The minimum absolute atomic E-state index is 0.128. The number of aromatic nitrogens is 3. The van der Waals surface area contributed by atoms with Gasteiger partial charge in [-0.15, -0.1) is 0 Å². The average Bonchev–Trinajstić information content (AvgIpc) is 3.07. The molecule has 2 rings (SSSR count). The monoisotopic (exact) mass is 318 g/mol. The summed E-state index contributed by atoms with van der Waals surface area (Å²) in [6, 6.07) is 3.19. The van der Waals surface area contributed by atoms with Crippen LogP contribution < -0.4 is 14.8 Å². The molecule has 1 amide bonds. The largest absolute Gasteiger partial charge is 0.493 e. The Labute approximate surface area is 135 Å². The minimum Gasteiger partial charge on any atom is -0.493 e. The Kier molecular flexibility index (Phi) is 5.20. The Balaban J connectivity index is 2.17. The number of hydrogen-bond donors (Lipinski definition) is 1. The zero-order valence-corrected chi connectivity index (χ0v) is 14.0. The van der Waals surface area contributed by atoms with Gasteiger partial charge in [-0.2, -0.15) is 5.10 Å². The van der Waals surface area contributed by atoms with Gasteiger partial charge in [0, 0.05) is 0 Å². The van der Waals surface area contributed by atoms with Gasteiger partial charge in [-0.05, 0) is 44.0 Å². The van der Waals surface area contributed by atoms with Crippen molar-refractivity contribution in [3.05, 3.63) is 35.9 Å². The van der Waals surface area contributed by atoms with Gasteiger partial charge in [0.05, 0.1) is 20.3 Å². The van der Waals surface area contributed by atoms with Gasteiger partial charge in [-0.3, -0.25) is 4.79 Å². The van der Waals surface area contributed by atoms with Gasteiger partial charge in [0.25, 0.3) is 0 Å². The third-order valence-corrected chi connectivity index (χ3v) is 3.81. The number of nitrogens with zero attached hydrogens (tertiary/aromatic N) is 3. The van der Waals surface area contributed by atoms with Crippen LogP contribution in [-0.4, -0.2) is 34.9 Å². The maximum absolute atomic E-state index is 12.4. The van der Waals surface area contributed by atoms with Crippen LogP contribution >= 0.6 is 0 Å². The summed E-state index contributed by atoms with van der Waals surface area (Å²) in [7, 11) is 3.19. The van der Waals surface area contributed by atoms with Crippen LogP contribution in [0.4, 0.5) is 0 Å². The van der Waals surface area contributed by atoms with Crippen molar-refractivity contribution < 1.29 is 14.3 Å². The van der Waals surface area contributed by atoms with Crippen LogP contribution in [0.2, 0.25) is 0 Å². The Hall–Kier alpha value is -2.57. The van der Waals surface area contributed by atoms with Crippen LogP contribution in [-0.2, 0) is 4.79 Å². The van der Waals surface area contributed by atoms with E-state index >= 15 is 0 Å². The number of carbonyl (C=O) groups is 1. The third-order valence-electron chi connectivity index (χ3n) is 3.81. The quantitative estimate of drug-likeness (QED) is 0.882. The molecule has 0 spiro atoms. The molecular weight excluding hydrogens is 296 g/mol. The van der Waals surface area contributed by atoms with Gasteiger partial charge in [0.1, 0.15) is 18.7 Å². The topological polar surface area (TPSA) is 78.3 Å². The highest BCUT2D eigenvalue weighted by molar-refractivity contribution is 5.80. The number of ether oxygens (including phenoxy) is 2. The summed E-state index contributed by atoms with van der Waals surface area (Å²) in [6.45, 7) is 5.68. The average molecular weight is 318 g/mol. The summed E-state index contributed by atoms with van der Waals surface area (Å²) in [6.07, 6.45) is 2.93. The lowest BCUT2D eigenvalue weighted by Crippen LogP contribution is -2.33. The molecule has 23 heavy (non-hydrogen) atoms. The van der Waals surface area contributed by atoms with Crippen LogP contribution in [0.15, 0.2) is 24.8 Å². The lowest BCUT2D eigenvalue weighted by atomic mass is 10.0. The zero-order valence-electron chi connectivity index (χ0n) is 14.0. The van der Waals surface area contributed by atoms with E-state index in [0.29, 0.717) is 11.5 Å². The first-order valence-corrected chi connectivity index (χ1v) is 7.35. The van der Waals surface area contributed by atoms with Crippen molar-refractivity contribution in [3.8, 4) is 11.5 Å². The maximum atomic E-state index is 12.4. The fourth-order valence-electron chi connectivity index (χ4n) is 2.41. The number of nitrogens with one attached hydrogen (secondary N) is 1. The van der Waals surface area contributed by atoms with Crippen molar-refractivity contribution in [3.63, 3.8) is 0 Å². The third kappa shape index (κ3) is 3.61. The Morgan fingerprint density at radius 1 is 1.22 bits per heavy atom. The number of carbonyl (C=O) groups excluding carboxylic acids is 1. The van der Waals surface area contributed by atoms with Crippen molar-refractivity contribution in [2.75, 3.05) is 14.2 Å². The first-order chi connectivity index (χ1) is 11.0. The fraction of sp³-hybridized carbons (Fsp3) is 0.438. The number of aryl methyl sites for hydroxylation is 1. The predicted molar refractivity (Wildman–Crippen MR) is 85.6 cm³/mol. The van der Waals surface area contributed by atoms with Gasteiger partial charge in [-0.1, -0.05) is 0 Å². The molecule has 0 radical (unpaired) electrons. The number of rotatable bonds is 6. The summed E-state index contributed by atoms with van der Waals surface area (Å²) < 4.78 is 12.1. The Bertz CT molecular complexity index is 670. The van der Waals surface area contributed by atoms with E-state index in [1.54, 1.807) is 21.1 Å². The molecule has 0 aliphatic heterocycles. The normalized spacial score (nSPS) is 13.3. The number of hydrogen-bond acceptors (Lipinski definition) is 5. The number of amides is 1. The van der Waals surface area contributed by atoms with Crippen LogP contribution in [0.25, 0.3) is 0 Å². The molecule has 0 bridgehead atoms. The Morgan fingerprint density at radius 3 is 2.43 bits per heavy atom. The summed E-state index contributed by atoms with van der Waals surface area (Å²) in [4.78, 5) is 16.2. The molecule has 1 aromatic heterocycles.